The molecule has 29 heavy (non-hydrogen) atoms. The number of imide groups is 1. The van der Waals surface area contributed by atoms with Gasteiger partial charge in [0.1, 0.15) is 18.2 Å². The summed E-state index contributed by atoms with van der Waals surface area (Å²) in [5.74, 6) is -2.75. The lowest BCUT2D eigenvalue weighted by Crippen LogP contribution is -2.43. The summed E-state index contributed by atoms with van der Waals surface area (Å²) in [7, 11) is 0. The third kappa shape index (κ3) is 3.86. The monoisotopic (exact) mass is 439 g/mol. The summed E-state index contributed by atoms with van der Waals surface area (Å²) < 4.78 is 15.2. The zero-order valence-electron chi connectivity index (χ0n) is 15.4. The molecular weight excluding hydrogens is 425 g/mol. The minimum absolute atomic E-state index is 0.0553. The molecule has 2 amide bonds. The van der Waals surface area contributed by atoms with Gasteiger partial charge in [-0.25, -0.2) is 9.59 Å². The average molecular weight is 440 g/mol. The van der Waals surface area contributed by atoms with Gasteiger partial charge in [0.25, 0.3) is 11.8 Å². The van der Waals surface area contributed by atoms with Crippen LogP contribution in [0.25, 0.3) is 0 Å². The number of rotatable bonds is 6. The summed E-state index contributed by atoms with van der Waals surface area (Å²) in [5.41, 5.74) is 0.233. The molecule has 0 saturated heterocycles. The van der Waals surface area contributed by atoms with Crippen molar-refractivity contribution in [1.82, 2.24) is 4.90 Å². The molecule has 1 aliphatic rings. The molecule has 2 aromatic rings. The maximum atomic E-state index is 12.6. The molecule has 0 aliphatic carbocycles. The lowest BCUT2D eigenvalue weighted by Gasteiger charge is -2.20. The van der Waals surface area contributed by atoms with Crippen molar-refractivity contribution in [1.29, 1.82) is 0 Å². The van der Waals surface area contributed by atoms with Crippen LogP contribution in [-0.4, -0.2) is 41.3 Å². The highest BCUT2D eigenvalue weighted by Gasteiger charge is 2.42. The van der Waals surface area contributed by atoms with Crippen molar-refractivity contribution in [2.24, 2.45) is 0 Å². The third-order valence-electron chi connectivity index (χ3n) is 4.27. The molecule has 0 bridgehead atoms. The van der Waals surface area contributed by atoms with E-state index in [4.69, 9.17) is 37.1 Å². The Kier molecular flexibility index (Phi) is 5.95. The lowest BCUT2D eigenvalue weighted by molar-refractivity contribution is -0.149. The summed E-state index contributed by atoms with van der Waals surface area (Å²) in [4.78, 5) is 50.2. The minimum atomic E-state index is -1.22. The number of nitrogens with zero attached hydrogens (tertiary/aromatic N) is 1. The zero-order chi connectivity index (χ0) is 21.3. The molecule has 0 fully saturated rings. The van der Waals surface area contributed by atoms with Crippen LogP contribution in [0, 0.1) is 0 Å². The molecule has 1 aromatic carbocycles. The fourth-order valence-corrected chi connectivity index (χ4v) is 3.14. The van der Waals surface area contributed by atoms with Crippen LogP contribution >= 0.6 is 23.2 Å². The van der Waals surface area contributed by atoms with E-state index in [1.54, 1.807) is 6.92 Å². The highest BCUT2D eigenvalue weighted by atomic mass is 35.5. The Morgan fingerprint density at radius 1 is 1.10 bits per heavy atom. The quantitative estimate of drug-likeness (QED) is 0.501. The van der Waals surface area contributed by atoms with Crippen LogP contribution in [-0.2, 0) is 20.9 Å². The Labute approximate surface area is 175 Å². The zero-order valence-corrected chi connectivity index (χ0v) is 16.9. The average Bonchev–Trinajstić information content (AvgIpc) is 3.24. The van der Waals surface area contributed by atoms with Gasteiger partial charge >= 0.3 is 11.9 Å². The molecular formula is C19H15Cl2NO7. The van der Waals surface area contributed by atoms with Crippen LogP contribution in [0.3, 0.4) is 0 Å². The molecule has 10 heteroatoms. The molecule has 8 nitrogen and oxygen atoms in total. The number of hydrogen-bond acceptors (Lipinski definition) is 7. The molecule has 0 unspecified atom stereocenters. The number of halogens is 2. The molecule has 1 aromatic heterocycles. The van der Waals surface area contributed by atoms with Gasteiger partial charge in [-0.15, -0.1) is 0 Å². The molecule has 0 N–H and O–H groups in total. The van der Waals surface area contributed by atoms with Crippen molar-refractivity contribution in [3.8, 4) is 0 Å². The van der Waals surface area contributed by atoms with Crippen LogP contribution in [0.1, 0.15) is 50.7 Å². The summed E-state index contributed by atoms with van der Waals surface area (Å²) >= 11 is 11.8. The standard InChI is InChI=1S/C19H15Cl2NO7/c1-3-27-19(26)10-4-5-28-15(10)8-29-18(25)9(2)22-16(23)11-6-13(20)14(21)7-12(11)17(22)24/h4-7,9H,3,8H2,1-2H3/t9-/m0/s1. The molecule has 0 saturated carbocycles. The van der Waals surface area contributed by atoms with E-state index < -0.39 is 29.8 Å². The van der Waals surface area contributed by atoms with E-state index >= 15 is 0 Å². The van der Waals surface area contributed by atoms with Crippen LogP contribution < -0.4 is 0 Å². The number of amides is 2. The van der Waals surface area contributed by atoms with Crippen molar-refractivity contribution in [2.45, 2.75) is 26.5 Å². The van der Waals surface area contributed by atoms with E-state index in [0.29, 0.717) is 0 Å². The maximum Gasteiger partial charge on any atom is 0.341 e. The van der Waals surface area contributed by atoms with Crippen LogP contribution in [0.2, 0.25) is 10.0 Å². The van der Waals surface area contributed by atoms with Crippen LogP contribution in [0.4, 0.5) is 0 Å². The topological polar surface area (TPSA) is 103 Å². The first kappa shape index (κ1) is 20.9. The van der Waals surface area contributed by atoms with Gasteiger partial charge in [-0.1, -0.05) is 23.2 Å². The smallest absolute Gasteiger partial charge is 0.341 e. The maximum absolute atomic E-state index is 12.6. The minimum Gasteiger partial charge on any atom is -0.465 e. The van der Waals surface area contributed by atoms with Crippen molar-refractivity contribution in [3.05, 3.63) is 57.0 Å². The van der Waals surface area contributed by atoms with Crippen molar-refractivity contribution >= 4 is 47.0 Å². The van der Waals surface area contributed by atoms with Gasteiger partial charge in [-0.3, -0.25) is 14.5 Å². The van der Waals surface area contributed by atoms with E-state index in [0.717, 1.165) is 4.90 Å². The number of esters is 2. The second-order valence-electron chi connectivity index (χ2n) is 6.05. The molecule has 1 atom stereocenters. The summed E-state index contributed by atoms with van der Waals surface area (Å²) in [6.45, 7) is 2.81. The van der Waals surface area contributed by atoms with E-state index in [1.165, 1.54) is 31.4 Å². The Morgan fingerprint density at radius 3 is 2.24 bits per heavy atom. The van der Waals surface area contributed by atoms with Gasteiger partial charge in [0.05, 0.1) is 34.0 Å². The first-order valence-corrected chi connectivity index (χ1v) is 9.28. The SMILES string of the molecule is CCOC(=O)c1ccoc1COC(=O)[C@H](C)N1C(=O)c2cc(Cl)c(Cl)cc2C1=O. The number of furan rings is 1. The number of benzene rings is 1. The first-order chi connectivity index (χ1) is 13.8. The second kappa shape index (κ2) is 8.26. The van der Waals surface area contributed by atoms with Gasteiger partial charge in [0.2, 0.25) is 0 Å². The third-order valence-corrected chi connectivity index (χ3v) is 5.00. The predicted molar refractivity (Wildman–Crippen MR) is 101 cm³/mol. The lowest BCUT2D eigenvalue weighted by atomic mass is 10.1. The van der Waals surface area contributed by atoms with Gasteiger partial charge in [-0.2, -0.15) is 0 Å². The largest absolute Gasteiger partial charge is 0.465 e. The predicted octanol–water partition coefficient (Wildman–Crippen LogP) is 3.49. The van der Waals surface area contributed by atoms with E-state index in [-0.39, 0.29) is 45.7 Å². The van der Waals surface area contributed by atoms with E-state index in [9.17, 15) is 19.2 Å². The number of hydrogen-bond donors (Lipinski definition) is 0. The molecule has 152 valence electrons. The van der Waals surface area contributed by atoms with Crippen molar-refractivity contribution < 1.29 is 33.1 Å². The highest BCUT2D eigenvalue weighted by Crippen LogP contribution is 2.32. The van der Waals surface area contributed by atoms with Gasteiger partial charge in [0, 0.05) is 0 Å². The van der Waals surface area contributed by atoms with E-state index in [1.807, 2.05) is 0 Å². The molecule has 0 radical (unpaired) electrons. The number of fused-ring (bicyclic) bond motifs is 1. The van der Waals surface area contributed by atoms with Crippen molar-refractivity contribution in [2.75, 3.05) is 6.61 Å². The summed E-state index contributed by atoms with van der Waals surface area (Å²) in [6, 6.07) is 2.74. The highest BCUT2D eigenvalue weighted by molar-refractivity contribution is 6.43. The Hall–Kier alpha value is -2.84. The van der Waals surface area contributed by atoms with Gasteiger partial charge in [-0.05, 0) is 32.0 Å². The Bertz CT molecular complexity index is 973. The van der Waals surface area contributed by atoms with Crippen LogP contribution in [0.5, 0.6) is 0 Å². The van der Waals surface area contributed by atoms with E-state index in [2.05, 4.69) is 0 Å². The fraction of sp³-hybridized carbons (Fsp3) is 0.263. The summed E-state index contributed by atoms with van der Waals surface area (Å²) in [6.07, 6.45) is 1.26. The Morgan fingerprint density at radius 2 is 1.69 bits per heavy atom. The van der Waals surface area contributed by atoms with Crippen molar-refractivity contribution in [3.63, 3.8) is 0 Å². The second-order valence-corrected chi connectivity index (χ2v) is 6.87. The number of ether oxygens (including phenoxy) is 2. The molecule has 1 aliphatic heterocycles. The Balaban J connectivity index is 1.72. The van der Waals surface area contributed by atoms with Gasteiger partial charge in [0.15, 0.2) is 5.76 Å². The normalized spacial score (nSPS) is 14.0. The molecule has 2 heterocycles. The molecule has 0 spiro atoms. The summed E-state index contributed by atoms with van der Waals surface area (Å²) in [5, 5.41) is 0.237. The first-order valence-electron chi connectivity index (χ1n) is 8.53. The molecule has 3 rings (SSSR count). The number of carbonyl (C=O) groups excluding carboxylic acids is 4. The van der Waals surface area contributed by atoms with Gasteiger partial charge < -0.3 is 13.9 Å². The number of carbonyl (C=O) groups is 4. The fourth-order valence-electron chi connectivity index (χ4n) is 2.81. The van der Waals surface area contributed by atoms with Crippen LogP contribution in [0.15, 0.2) is 28.9 Å².